The van der Waals surface area contributed by atoms with Crippen LogP contribution in [-0.2, 0) is 9.47 Å². The molecule has 26 heavy (non-hydrogen) atoms. The van der Waals surface area contributed by atoms with E-state index in [1.807, 2.05) is 0 Å². The van der Waals surface area contributed by atoms with Crippen molar-refractivity contribution in [3.05, 3.63) is 0 Å². The Kier molecular flexibility index (Phi) is 7.54. The first kappa shape index (κ1) is 19.9. The fourth-order valence-corrected chi connectivity index (χ4v) is 4.55. The molecule has 3 fully saturated rings. The Labute approximate surface area is 157 Å². The molecular weight excluding hydrogens is 332 g/mol. The third-order valence-electron chi connectivity index (χ3n) is 6.27. The van der Waals surface area contributed by atoms with Crippen LogP contribution in [0.5, 0.6) is 0 Å². The molecule has 0 spiro atoms. The van der Waals surface area contributed by atoms with Gasteiger partial charge in [0.25, 0.3) is 0 Å². The van der Waals surface area contributed by atoms with Crippen molar-refractivity contribution in [1.29, 1.82) is 0 Å². The highest BCUT2D eigenvalue weighted by Gasteiger charge is 2.38. The maximum absolute atomic E-state index is 12.4. The number of hydrogen-bond donors (Lipinski definition) is 2. The zero-order chi connectivity index (χ0) is 18.2. The molecule has 1 aliphatic carbocycles. The molecule has 2 saturated heterocycles. The molecule has 2 N–H and O–H groups in total. The number of carbonyl (C=O) groups is 1. The molecule has 0 radical (unpaired) electrons. The van der Waals surface area contributed by atoms with Crippen LogP contribution in [-0.4, -0.2) is 93.1 Å². The summed E-state index contributed by atoms with van der Waals surface area (Å²) in [5.74, 6) is 0. The highest BCUT2D eigenvalue weighted by Crippen LogP contribution is 2.33. The van der Waals surface area contributed by atoms with Crippen molar-refractivity contribution in [3.63, 3.8) is 0 Å². The number of hydrogen-bond acceptors (Lipinski definition) is 5. The number of rotatable bonds is 6. The highest BCUT2D eigenvalue weighted by molar-refractivity contribution is 5.73. The van der Waals surface area contributed by atoms with Crippen LogP contribution in [0, 0.1) is 0 Å². The Morgan fingerprint density at radius 2 is 1.58 bits per heavy atom. The van der Waals surface area contributed by atoms with Gasteiger partial charge in [0, 0.05) is 50.8 Å². The minimum atomic E-state index is -0.0386. The summed E-state index contributed by atoms with van der Waals surface area (Å²) >= 11 is 0. The highest BCUT2D eigenvalue weighted by atomic mass is 16.5. The summed E-state index contributed by atoms with van der Waals surface area (Å²) in [7, 11) is 0. The zero-order valence-electron chi connectivity index (χ0n) is 16.3. The first-order valence-corrected chi connectivity index (χ1v) is 10.4. The van der Waals surface area contributed by atoms with E-state index in [1.54, 1.807) is 0 Å². The fourth-order valence-electron chi connectivity index (χ4n) is 4.55. The van der Waals surface area contributed by atoms with Crippen molar-refractivity contribution in [2.75, 3.05) is 65.7 Å². The van der Waals surface area contributed by atoms with E-state index in [4.69, 9.17) is 9.47 Å². The number of urea groups is 1. The standard InChI is InChI=1S/C19H36N4O3/c1-17(22-7-11-25-12-8-22)15-20-18(24)21-16-19(5-3-2-4-6-19)23-9-13-26-14-10-23/h17H,2-16H2,1H3,(H2,20,21,24). The van der Waals surface area contributed by atoms with Crippen molar-refractivity contribution in [3.8, 4) is 0 Å². The van der Waals surface area contributed by atoms with E-state index < -0.39 is 0 Å². The monoisotopic (exact) mass is 368 g/mol. The molecule has 0 bridgehead atoms. The number of nitrogens with one attached hydrogen (secondary N) is 2. The predicted molar refractivity (Wildman–Crippen MR) is 101 cm³/mol. The Balaban J connectivity index is 1.44. The van der Waals surface area contributed by atoms with Crippen molar-refractivity contribution < 1.29 is 14.3 Å². The Morgan fingerprint density at radius 1 is 0.962 bits per heavy atom. The molecule has 7 nitrogen and oxygen atoms in total. The van der Waals surface area contributed by atoms with E-state index >= 15 is 0 Å². The van der Waals surface area contributed by atoms with Gasteiger partial charge in [-0.1, -0.05) is 19.3 Å². The lowest BCUT2D eigenvalue weighted by Crippen LogP contribution is -2.60. The van der Waals surface area contributed by atoms with Crippen LogP contribution >= 0.6 is 0 Å². The number of ether oxygens (including phenoxy) is 2. The van der Waals surface area contributed by atoms with Gasteiger partial charge in [0.05, 0.1) is 26.4 Å². The van der Waals surface area contributed by atoms with Crippen LogP contribution in [0.2, 0.25) is 0 Å². The van der Waals surface area contributed by atoms with Gasteiger partial charge in [0.1, 0.15) is 0 Å². The Morgan fingerprint density at radius 3 is 2.23 bits per heavy atom. The summed E-state index contributed by atoms with van der Waals surface area (Å²) in [4.78, 5) is 17.3. The van der Waals surface area contributed by atoms with E-state index in [0.29, 0.717) is 12.6 Å². The molecule has 0 aromatic rings. The average Bonchev–Trinajstić information content (AvgIpc) is 2.72. The molecule has 0 aromatic carbocycles. The van der Waals surface area contributed by atoms with Crippen LogP contribution in [0.1, 0.15) is 39.0 Å². The Bertz CT molecular complexity index is 431. The molecular formula is C19H36N4O3. The quantitative estimate of drug-likeness (QED) is 0.733. The largest absolute Gasteiger partial charge is 0.379 e. The topological polar surface area (TPSA) is 66.1 Å². The molecule has 0 aromatic heterocycles. The van der Waals surface area contributed by atoms with Gasteiger partial charge in [-0.25, -0.2) is 4.79 Å². The zero-order valence-corrected chi connectivity index (χ0v) is 16.3. The van der Waals surface area contributed by atoms with Crippen molar-refractivity contribution in [1.82, 2.24) is 20.4 Å². The summed E-state index contributed by atoms with van der Waals surface area (Å²) < 4.78 is 10.9. The van der Waals surface area contributed by atoms with Crippen molar-refractivity contribution in [2.45, 2.75) is 50.6 Å². The van der Waals surface area contributed by atoms with Gasteiger partial charge in [-0.05, 0) is 19.8 Å². The van der Waals surface area contributed by atoms with Gasteiger partial charge in [-0.15, -0.1) is 0 Å². The first-order chi connectivity index (χ1) is 12.7. The van der Waals surface area contributed by atoms with Gasteiger partial charge in [0.2, 0.25) is 0 Å². The maximum atomic E-state index is 12.4. The van der Waals surface area contributed by atoms with Gasteiger partial charge in [-0.2, -0.15) is 0 Å². The third-order valence-corrected chi connectivity index (χ3v) is 6.27. The minimum absolute atomic E-state index is 0.0386. The molecule has 1 saturated carbocycles. The third kappa shape index (κ3) is 5.31. The molecule has 3 rings (SSSR count). The number of amides is 2. The fraction of sp³-hybridized carbons (Fsp3) is 0.947. The molecule has 2 aliphatic heterocycles. The normalized spacial score (nSPS) is 26.2. The molecule has 2 heterocycles. The lowest BCUT2D eigenvalue weighted by atomic mass is 9.80. The van der Waals surface area contributed by atoms with Gasteiger partial charge in [-0.3, -0.25) is 9.80 Å². The second-order valence-electron chi connectivity index (χ2n) is 7.95. The summed E-state index contributed by atoms with van der Waals surface area (Å²) in [5.41, 5.74) is 0.120. The molecule has 150 valence electrons. The van der Waals surface area contributed by atoms with Crippen LogP contribution < -0.4 is 10.6 Å². The molecule has 7 heteroatoms. The smallest absolute Gasteiger partial charge is 0.314 e. The Hall–Kier alpha value is -0.890. The van der Waals surface area contributed by atoms with Crippen molar-refractivity contribution >= 4 is 6.03 Å². The van der Waals surface area contributed by atoms with Gasteiger partial charge >= 0.3 is 6.03 Å². The molecule has 2 amide bonds. The maximum Gasteiger partial charge on any atom is 0.314 e. The molecule has 1 atom stereocenters. The van der Waals surface area contributed by atoms with Crippen LogP contribution in [0.25, 0.3) is 0 Å². The molecule has 3 aliphatic rings. The van der Waals surface area contributed by atoms with E-state index in [9.17, 15) is 4.79 Å². The second-order valence-corrected chi connectivity index (χ2v) is 7.95. The summed E-state index contributed by atoms with van der Waals surface area (Å²) in [6, 6.07) is 0.302. The number of morpholine rings is 2. The van der Waals surface area contributed by atoms with Crippen LogP contribution in [0.15, 0.2) is 0 Å². The summed E-state index contributed by atoms with van der Waals surface area (Å²) in [6.45, 7) is 10.7. The second kappa shape index (κ2) is 9.88. The lowest BCUT2D eigenvalue weighted by Gasteiger charge is -2.48. The summed E-state index contributed by atoms with van der Waals surface area (Å²) in [5, 5.41) is 6.24. The minimum Gasteiger partial charge on any atom is -0.379 e. The predicted octanol–water partition coefficient (Wildman–Crippen LogP) is 1.04. The first-order valence-electron chi connectivity index (χ1n) is 10.4. The van der Waals surface area contributed by atoms with Crippen molar-refractivity contribution in [2.24, 2.45) is 0 Å². The van der Waals surface area contributed by atoms with E-state index in [2.05, 4.69) is 27.4 Å². The summed E-state index contributed by atoms with van der Waals surface area (Å²) in [6.07, 6.45) is 6.19. The average molecular weight is 369 g/mol. The number of nitrogens with zero attached hydrogens (tertiary/aromatic N) is 2. The van der Waals surface area contributed by atoms with E-state index in [-0.39, 0.29) is 11.6 Å². The van der Waals surface area contributed by atoms with E-state index in [0.717, 1.165) is 59.2 Å². The van der Waals surface area contributed by atoms with Gasteiger partial charge in [0.15, 0.2) is 0 Å². The SMILES string of the molecule is CC(CNC(=O)NCC1(N2CCOCC2)CCCCC1)N1CCOCC1. The van der Waals surface area contributed by atoms with Crippen LogP contribution in [0.3, 0.4) is 0 Å². The van der Waals surface area contributed by atoms with E-state index in [1.165, 1.54) is 32.1 Å². The van der Waals surface area contributed by atoms with Crippen LogP contribution in [0.4, 0.5) is 4.79 Å². The van der Waals surface area contributed by atoms with Gasteiger partial charge < -0.3 is 20.1 Å². The lowest BCUT2D eigenvalue weighted by molar-refractivity contribution is -0.0357. The molecule has 1 unspecified atom stereocenters. The number of carbonyl (C=O) groups excluding carboxylic acids is 1.